The van der Waals surface area contributed by atoms with E-state index in [1.54, 1.807) is 51.8 Å². The molecule has 0 amide bonds. The molecule has 0 aliphatic heterocycles. The fourth-order valence-corrected chi connectivity index (χ4v) is 2.52. The number of anilines is 2. The second-order valence-electron chi connectivity index (χ2n) is 5.35. The van der Waals surface area contributed by atoms with Crippen molar-refractivity contribution in [3.05, 3.63) is 48.7 Å². The molecule has 0 aliphatic carbocycles. The quantitative estimate of drug-likeness (QED) is 0.700. The number of aromatic nitrogens is 2. The van der Waals surface area contributed by atoms with Crippen molar-refractivity contribution in [3.63, 3.8) is 0 Å². The van der Waals surface area contributed by atoms with Gasteiger partial charge in [0, 0.05) is 23.5 Å². The van der Waals surface area contributed by atoms with Crippen molar-refractivity contribution in [3.8, 4) is 34.3 Å². The maximum Gasteiger partial charge on any atom is 0.227 e. The molecule has 0 unspecified atom stereocenters. The van der Waals surface area contributed by atoms with Crippen LogP contribution >= 0.6 is 0 Å². The Morgan fingerprint density at radius 2 is 1.65 bits per heavy atom. The highest BCUT2D eigenvalue weighted by Crippen LogP contribution is 2.40. The van der Waals surface area contributed by atoms with Gasteiger partial charge >= 0.3 is 0 Å². The van der Waals surface area contributed by atoms with E-state index in [1.165, 1.54) is 0 Å². The summed E-state index contributed by atoms with van der Waals surface area (Å²) < 4.78 is 16.1. The van der Waals surface area contributed by atoms with Gasteiger partial charge in [0.1, 0.15) is 5.75 Å². The van der Waals surface area contributed by atoms with E-state index in [-0.39, 0.29) is 5.75 Å². The van der Waals surface area contributed by atoms with E-state index in [0.717, 1.165) is 5.56 Å². The lowest BCUT2D eigenvalue weighted by Crippen LogP contribution is -1.99. The van der Waals surface area contributed by atoms with Crippen molar-refractivity contribution in [2.24, 2.45) is 0 Å². The van der Waals surface area contributed by atoms with Gasteiger partial charge in [-0.1, -0.05) is 6.07 Å². The van der Waals surface area contributed by atoms with Gasteiger partial charge in [-0.2, -0.15) is 0 Å². The second-order valence-corrected chi connectivity index (χ2v) is 5.35. The largest absolute Gasteiger partial charge is 0.508 e. The smallest absolute Gasteiger partial charge is 0.227 e. The summed E-state index contributed by atoms with van der Waals surface area (Å²) in [5.41, 5.74) is 2.16. The summed E-state index contributed by atoms with van der Waals surface area (Å²) in [7, 11) is 4.69. The SMILES string of the molecule is COc1cc(-c2ccnc(Nc3cccc(O)c3)n2)cc(OC)c1OC. The molecule has 7 heteroatoms. The highest BCUT2D eigenvalue weighted by molar-refractivity contribution is 5.69. The molecule has 26 heavy (non-hydrogen) atoms. The summed E-state index contributed by atoms with van der Waals surface area (Å²) in [6, 6.07) is 12.2. The lowest BCUT2D eigenvalue weighted by molar-refractivity contribution is 0.324. The van der Waals surface area contributed by atoms with Crippen LogP contribution in [0.2, 0.25) is 0 Å². The van der Waals surface area contributed by atoms with Crippen molar-refractivity contribution >= 4 is 11.6 Å². The van der Waals surface area contributed by atoms with Crippen molar-refractivity contribution in [1.82, 2.24) is 9.97 Å². The van der Waals surface area contributed by atoms with Gasteiger partial charge in [0.2, 0.25) is 11.7 Å². The van der Waals surface area contributed by atoms with Crippen LogP contribution in [0, 0.1) is 0 Å². The van der Waals surface area contributed by atoms with E-state index in [1.807, 2.05) is 18.2 Å². The average Bonchev–Trinajstić information content (AvgIpc) is 2.67. The summed E-state index contributed by atoms with van der Waals surface area (Å²) in [6.45, 7) is 0. The van der Waals surface area contributed by atoms with Crippen LogP contribution < -0.4 is 19.5 Å². The Kier molecular flexibility index (Phi) is 5.07. The van der Waals surface area contributed by atoms with Crippen molar-refractivity contribution in [1.29, 1.82) is 0 Å². The zero-order valence-electron chi connectivity index (χ0n) is 14.7. The third kappa shape index (κ3) is 3.61. The Labute approximate surface area is 151 Å². The molecule has 0 fully saturated rings. The third-order valence-electron chi connectivity index (χ3n) is 3.72. The number of phenols is 1. The maximum absolute atomic E-state index is 9.57. The standard InChI is InChI=1S/C19H19N3O4/c1-24-16-9-12(10-17(25-2)18(16)26-3)15-7-8-20-19(22-15)21-13-5-4-6-14(23)11-13/h4-11,23H,1-3H3,(H,20,21,22). The van der Waals surface area contributed by atoms with Gasteiger partial charge in [0.25, 0.3) is 0 Å². The van der Waals surface area contributed by atoms with Crippen LogP contribution in [0.25, 0.3) is 11.3 Å². The van der Waals surface area contributed by atoms with Crippen LogP contribution in [0.15, 0.2) is 48.7 Å². The van der Waals surface area contributed by atoms with Crippen LogP contribution in [0.5, 0.6) is 23.0 Å². The van der Waals surface area contributed by atoms with Crippen molar-refractivity contribution in [2.75, 3.05) is 26.6 Å². The van der Waals surface area contributed by atoms with E-state index in [2.05, 4.69) is 15.3 Å². The van der Waals surface area contributed by atoms with E-state index in [4.69, 9.17) is 14.2 Å². The molecular weight excluding hydrogens is 334 g/mol. The van der Waals surface area contributed by atoms with Gasteiger partial charge in [-0.15, -0.1) is 0 Å². The summed E-state index contributed by atoms with van der Waals surface area (Å²) in [4.78, 5) is 8.74. The van der Waals surface area contributed by atoms with Gasteiger partial charge in [-0.25, -0.2) is 9.97 Å². The zero-order valence-corrected chi connectivity index (χ0v) is 14.7. The Balaban J connectivity index is 1.97. The van der Waals surface area contributed by atoms with Crippen molar-refractivity contribution in [2.45, 2.75) is 0 Å². The molecule has 0 saturated heterocycles. The second kappa shape index (κ2) is 7.60. The normalized spacial score (nSPS) is 10.3. The van der Waals surface area contributed by atoms with Gasteiger partial charge in [-0.05, 0) is 30.3 Å². The fourth-order valence-electron chi connectivity index (χ4n) is 2.52. The summed E-state index contributed by atoms with van der Waals surface area (Å²) >= 11 is 0. The molecule has 1 heterocycles. The van der Waals surface area contributed by atoms with Gasteiger partial charge in [0.15, 0.2) is 11.5 Å². The van der Waals surface area contributed by atoms with Gasteiger partial charge < -0.3 is 24.6 Å². The molecule has 0 bridgehead atoms. The predicted octanol–water partition coefficient (Wildman–Crippen LogP) is 3.62. The fraction of sp³-hybridized carbons (Fsp3) is 0.158. The number of phenolic OH excluding ortho intramolecular Hbond substituents is 1. The van der Waals surface area contributed by atoms with Crippen LogP contribution in [0.1, 0.15) is 0 Å². The Bertz CT molecular complexity index is 890. The molecule has 0 atom stereocenters. The Hall–Kier alpha value is -3.48. The van der Waals surface area contributed by atoms with Crippen LogP contribution in [0.4, 0.5) is 11.6 Å². The molecule has 134 valence electrons. The molecule has 0 spiro atoms. The molecule has 0 aliphatic rings. The van der Waals surface area contributed by atoms with E-state index >= 15 is 0 Å². The molecular formula is C19H19N3O4. The lowest BCUT2D eigenvalue weighted by Gasteiger charge is -2.14. The van der Waals surface area contributed by atoms with Crippen LogP contribution in [-0.2, 0) is 0 Å². The van der Waals surface area contributed by atoms with Gasteiger partial charge in [0.05, 0.1) is 27.0 Å². The average molecular weight is 353 g/mol. The van der Waals surface area contributed by atoms with Crippen LogP contribution in [-0.4, -0.2) is 36.4 Å². The summed E-state index contributed by atoms with van der Waals surface area (Å²) in [5, 5.41) is 12.6. The van der Waals surface area contributed by atoms with Crippen LogP contribution in [0.3, 0.4) is 0 Å². The molecule has 0 radical (unpaired) electrons. The molecule has 2 aromatic carbocycles. The molecule has 3 rings (SSSR count). The van der Waals surface area contributed by atoms with Crippen molar-refractivity contribution < 1.29 is 19.3 Å². The molecule has 0 saturated carbocycles. The summed E-state index contributed by atoms with van der Waals surface area (Å²) in [5.74, 6) is 2.18. The summed E-state index contributed by atoms with van der Waals surface area (Å²) in [6.07, 6.45) is 1.65. The van der Waals surface area contributed by atoms with E-state index in [0.29, 0.717) is 34.6 Å². The topological polar surface area (TPSA) is 85.7 Å². The number of aromatic hydroxyl groups is 1. The first-order valence-corrected chi connectivity index (χ1v) is 7.84. The minimum Gasteiger partial charge on any atom is -0.508 e. The van der Waals surface area contributed by atoms with E-state index < -0.39 is 0 Å². The number of hydrogen-bond donors (Lipinski definition) is 2. The first kappa shape index (κ1) is 17.3. The van der Waals surface area contributed by atoms with Gasteiger partial charge in [-0.3, -0.25) is 0 Å². The molecule has 7 nitrogen and oxygen atoms in total. The monoisotopic (exact) mass is 353 g/mol. The lowest BCUT2D eigenvalue weighted by atomic mass is 10.1. The maximum atomic E-state index is 9.57. The number of nitrogens with one attached hydrogen (secondary N) is 1. The number of nitrogens with zero attached hydrogens (tertiary/aromatic N) is 2. The highest BCUT2D eigenvalue weighted by Gasteiger charge is 2.15. The molecule has 1 aromatic heterocycles. The Morgan fingerprint density at radius 3 is 2.27 bits per heavy atom. The zero-order chi connectivity index (χ0) is 18.5. The number of hydrogen-bond acceptors (Lipinski definition) is 7. The molecule has 2 N–H and O–H groups in total. The first-order valence-electron chi connectivity index (χ1n) is 7.84. The number of benzene rings is 2. The number of methoxy groups -OCH3 is 3. The highest BCUT2D eigenvalue weighted by atomic mass is 16.5. The predicted molar refractivity (Wildman–Crippen MR) is 98.5 cm³/mol. The minimum absolute atomic E-state index is 0.163. The Morgan fingerprint density at radius 1 is 0.923 bits per heavy atom. The third-order valence-corrected chi connectivity index (χ3v) is 3.72. The van der Waals surface area contributed by atoms with E-state index in [9.17, 15) is 5.11 Å². The first-order chi connectivity index (χ1) is 12.6. The number of ether oxygens (including phenoxy) is 3. The minimum atomic E-state index is 0.163. The molecule has 3 aromatic rings. The number of rotatable bonds is 6.